The van der Waals surface area contributed by atoms with Crippen molar-refractivity contribution in [1.82, 2.24) is 0 Å². The van der Waals surface area contributed by atoms with Gasteiger partial charge in [0.05, 0.1) is 11.6 Å². The molecule has 0 atom stereocenters. The van der Waals surface area contributed by atoms with Gasteiger partial charge in [-0.3, -0.25) is 0 Å². The summed E-state index contributed by atoms with van der Waals surface area (Å²) in [6.07, 6.45) is 0. The number of methoxy groups -OCH3 is 1. The minimum atomic E-state index is -0.426. The number of benzene rings is 2. The van der Waals surface area contributed by atoms with E-state index in [0.29, 0.717) is 34.6 Å². The first-order valence-corrected chi connectivity index (χ1v) is 8.77. The molecule has 0 radical (unpaired) electrons. The quantitative estimate of drug-likeness (QED) is 0.480. The fourth-order valence-corrected chi connectivity index (χ4v) is 3.29. The molecule has 2 aromatic carbocycles. The number of hydrogen-bond donors (Lipinski definition) is 0. The molecule has 24 heavy (non-hydrogen) atoms. The highest BCUT2D eigenvalue weighted by Gasteiger charge is 2.20. The van der Waals surface area contributed by atoms with Crippen LogP contribution < -0.4 is 4.74 Å². The highest BCUT2D eigenvalue weighted by Crippen LogP contribution is 2.35. The fourth-order valence-electron chi connectivity index (χ4n) is 2.46. The lowest BCUT2D eigenvalue weighted by Crippen LogP contribution is -2.02. The lowest BCUT2D eigenvalue weighted by atomic mass is 10.1. The van der Waals surface area contributed by atoms with Crippen molar-refractivity contribution in [1.29, 1.82) is 0 Å². The van der Waals surface area contributed by atoms with Crippen LogP contribution in [-0.4, -0.2) is 13.1 Å². The number of ether oxygens (including phenoxy) is 2. The number of halogens is 2. The number of fused-ring (bicyclic) bond motifs is 1. The van der Waals surface area contributed by atoms with Crippen molar-refractivity contribution < 1.29 is 18.7 Å². The predicted molar refractivity (Wildman–Crippen MR) is 98.5 cm³/mol. The van der Waals surface area contributed by atoms with Crippen LogP contribution in [0.3, 0.4) is 0 Å². The van der Waals surface area contributed by atoms with Gasteiger partial charge in [0.15, 0.2) is 0 Å². The summed E-state index contributed by atoms with van der Waals surface area (Å²) in [4.78, 5) is 12.0. The van der Waals surface area contributed by atoms with E-state index in [0.717, 1.165) is 14.5 Å². The average molecular weight is 454 g/mol. The van der Waals surface area contributed by atoms with E-state index in [9.17, 15) is 4.79 Å². The average Bonchev–Trinajstić information content (AvgIpc) is 2.88. The van der Waals surface area contributed by atoms with Crippen molar-refractivity contribution in [3.8, 4) is 5.75 Å². The Morgan fingerprint density at radius 3 is 2.62 bits per heavy atom. The normalized spacial score (nSPS) is 10.8. The summed E-state index contributed by atoms with van der Waals surface area (Å²) in [5.74, 6) is 0.723. The van der Waals surface area contributed by atoms with Crippen molar-refractivity contribution in [2.75, 3.05) is 7.11 Å². The molecule has 0 aliphatic rings. The molecule has 0 aliphatic carbocycles. The SMILES string of the molecule is COC(=O)c1c(C)oc2cc(Br)c(OCc3ccccc3Br)cc12. The predicted octanol–water partition coefficient (Wildman–Crippen LogP) is 5.63. The van der Waals surface area contributed by atoms with Gasteiger partial charge in [0.2, 0.25) is 0 Å². The molecule has 1 aromatic heterocycles. The van der Waals surface area contributed by atoms with E-state index in [-0.39, 0.29) is 0 Å². The Kier molecular flexibility index (Phi) is 4.96. The second kappa shape index (κ2) is 6.99. The van der Waals surface area contributed by atoms with Crippen molar-refractivity contribution in [3.05, 3.63) is 62.2 Å². The van der Waals surface area contributed by atoms with Gasteiger partial charge in [-0.15, -0.1) is 0 Å². The van der Waals surface area contributed by atoms with Gasteiger partial charge in [0.25, 0.3) is 0 Å². The summed E-state index contributed by atoms with van der Waals surface area (Å²) in [6, 6.07) is 11.4. The van der Waals surface area contributed by atoms with Crippen LogP contribution in [0.2, 0.25) is 0 Å². The molecule has 0 saturated heterocycles. The molecule has 0 spiro atoms. The molecule has 0 amide bonds. The van der Waals surface area contributed by atoms with Gasteiger partial charge in [0.1, 0.15) is 29.3 Å². The summed E-state index contributed by atoms with van der Waals surface area (Å²) in [6.45, 7) is 2.14. The monoisotopic (exact) mass is 452 g/mol. The highest BCUT2D eigenvalue weighted by molar-refractivity contribution is 9.10. The summed E-state index contributed by atoms with van der Waals surface area (Å²) in [5.41, 5.74) is 2.06. The van der Waals surface area contributed by atoms with Crippen molar-refractivity contribution in [2.24, 2.45) is 0 Å². The van der Waals surface area contributed by atoms with Gasteiger partial charge >= 0.3 is 5.97 Å². The van der Waals surface area contributed by atoms with Crippen LogP contribution in [0.25, 0.3) is 11.0 Å². The first kappa shape index (κ1) is 17.0. The zero-order valence-electron chi connectivity index (χ0n) is 13.1. The third kappa shape index (κ3) is 3.21. The summed E-state index contributed by atoms with van der Waals surface area (Å²) in [7, 11) is 1.35. The molecule has 4 nitrogen and oxygen atoms in total. The number of hydrogen-bond acceptors (Lipinski definition) is 4. The van der Waals surface area contributed by atoms with Crippen LogP contribution in [0.1, 0.15) is 21.7 Å². The largest absolute Gasteiger partial charge is 0.488 e. The van der Waals surface area contributed by atoms with Crippen molar-refractivity contribution in [3.63, 3.8) is 0 Å². The maximum Gasteiger partial charge on any atom is 0.342 e. The highest BCUT2D eigenvalue weighted by atomic mass is 79.9. The topological polar surface area (TPSA) is 48.7 Å². The lowest BCUT2D eigenvalue weighted by molar-refractivity contribution is 0.0601. The maximum absolute atomic E-state index is 12.0. The van der Waals surface area contributed by atoms with Gasteiger partial charge < -0.3 is 13.9 Å². The van der Waals surface area contributed by atoms with Crippen LogP contribution in [-0.2, 0) is 11.3 Å². The summed E-state index contributed by atoms with van der Waals surface area (Å²) in [5, 5.41) is 0.671. The van der Waals surface area contributed by atoms with Crippen LogP contribution in [0.4, 0.5) is 0 Å². The molecule has 0 aliphatic heterocycles. The van der Waals surface area contributed by atoms with E-state index < -0.39 is 5.97 Å². The van der Waals surface area contributed by atoms with E-state index >= 15 is 0 Å². The smallest absolute Gasteiger partial charge is 0.342 e. The minimum Gasteiger partial charge on any atom is -0.488 e. The minimum absolute atomic E-state index is 0.399. The summed E-state index contributed by atoms with van der Waals surface area (Å²) < 4.78 is 18.1. The van der Waals surface area contributed by atoms with E-state index in [1.54, 1.807) is 19.1 Å². The van der Waals surface area contributed by atoms with Gasteiger partial charge in [0, 0.05) is 15.4 Å². The molecule has 0 fully saturated rings. The molecular formula is C18H14Br2O4. The molecule has 0 bridgehead atoms. The van der Waals surface area contributed by atoms with Crippen LogP contribution in [0, 0.1) is 6.92 Å². The van der Waals surface area contributed by atoms with Gasteiger partial charge in [-0.1, -0.05) is 34.1 Å². The molecule has 3 rings (SSSR count). The molecule has 1 heterocycles. The molecule has 0 unspecified atom stereocenters. The zero-order valence-corrected chi connectivity index (χ0v) is 16.2. The Morgan fingerprint density at radius 2 is 1.92 bits per heavy atom. The van der Waals surface area contributed by atoms with Gasteiger partial charge in [-0.2, -0.15) is 0 Å². The molecule has 3 aromatic rings. The standard InChI is InChI=1S/C18H14Br2O4/c1-10-17(18(21)22-2)12-7-16(14(20)8-15(12)24-10)23-9-11-5-3-4-6-13(11)19/h3-8H,9H2,1-2H3. The number of furan rings is 1. The molecule has 6 heteroatoms. The lowest BCUT2D eigenvalue weighted by Gasteiger charge is -2.10. The Morgan fingerprint density at radius 1 is 1.17 bits per heavy atom. The van der Waals surface area contributed by atoms with E-state index in [1.807, 2.05) is 24.3 Å². The molecule has 0 N–H and O–H groups in total. The summed E-state index contributed by atoms with van der Waals surface area (Å²) >= 11 is 6.99. The maximum atomic E-state index is 12.0. The van der Waals surface area contributed by atoms with E-state index in [2.05, 4.69) is 31.9 Å². The second-order valence-electron chi connectivity index (χ2n) is 5.18. The molecular weight excluding hydrogens is 440 g/mol. The van der Waals surface area contributed by atoms with Crippen molar-refractivity contribution in [2.45, 2.75) is 13.5 Å². The first-order chi connectivity index (χ1) is 11.5. The fraction of sp³-hybridized carbons (Fsp3) is 0.167. The number of carbonyl (C=O) groups is 1. The number of rotatable bonds is 4. The van der Waals surface area contributed by atoms with Crippen LogP contribution in [0.5, 0.6) is 5.75 Å². The number of esters is 1. The van der Waals surface area contributed by atoms with Crippen molar-refractivity contribution >= 4 is 48.8 Å². The van der Waals surface area contributed by atoms with E-state index in [4.69, 9.17) is 13.9 Å². The Bertz CT molecular complexity index is 915. The van der Waals surface area contributed by atoms with Gasteiger partial charge in [-0.05, 0) is 41.1 Å². The molecule has 0 saturated carbocycles. The zero-order chi connectivity index (χ0) is 17.3. The van der Waals surface area contributed by atoms with E-state index in [1.165, 1.54) is 7.11 Å². The Labute approximate surface area is 156 Å². The van der Waals surface area contributed by atoms with Gasteiger partial charge in [-0.25, -0.2) is 4.79 Å². The Hall–Kier alpha value is -1.79. The van der Waals surface area contributed by atoms with Crippen LogP contribution in [0.15, 0.2) is 49.8 Å². The third-order valence-corrected chi connectivity index (χ3v) is 5.04. The first-order valence-electron chi connectivity index (χ1n) is 7.18. The second-order valence-corrected chi connectivity index (χ2v) is 6.89. The Balaban J connectivity index is 1.98. The van der Waals surface area contributed by atoms with Crippen LogP contribution >= 0.6 is 31.9 Å². The third-order valence-electron chi connectivity index (χ3n) is 3.65. The number of aryl methyl sites for hydroxylation is 1. The number of carbonyl (C=O) groups excluding carboxylic acids is 1. The molecule has 124 valence electrons.